The van der Waals surface area contributed by atoms with Gasteiger partial charge in [0.05, 0.1) is 26.4 Å². The average Bonchev–Trinajstić information content (AvgIpc) is 3.31. The summed E-state index contributed by atoms with van der Waals surface area (Å²) in [6.45, 7) is 11.9. The molecule has 0 aromatic rings. The molecular weight excluding hydrogens is 358 g/mol. The number of halogens is 1. The lowest BCUT2D eigenvalue weighted by atomic mass is 9.87. The number of ether oxygens (including phenoxy) is 4. The molecule has 0 aliphatic carbocycles. The van der Waals surface area contributed by atoms with E-state index in [-0.39, 0.29) is 23.4 Å². The molecule has 2 saturated heterocycles. The minimum atomic E-state index is -0.103. The second-order valence-corrected chi connectivity index (χ2v) is 8.35. The molecular formula is C18H34ClN3O4. The number of alkyl halides is 1. The van der Waals surface area contributed by atoms with Crippen LogP contribution in [-0.4, -0.2) is 51.4 Å². The van der Waals surface area contributed by atoms with Gasteiger partial charge in [-0.25, -0.2) is 0 Å². The third-order valence-electron chi connectivity index (χ3n) is 4.62. The fourth-order valence-electron chi connectivity index (χ4n) is 3.03. The predicted octanol–water partition coefficient (Wildman–Crippen LogP) is 4.88. The number of rotatable bonds is 9. The molecule has 26 heavy (non-hydrogen) atoms. The maximum atomic E-state index is 8.12. The van der Waals surface area contributed by atoms with Gasteiger partial charge >= 0.3 is 0 Å². The van der Waals surface area contributed by atoms with Gasteiger partial charge in [0.25, 0.3) is 0 Å². The summed E-state index contributed by atoms with van der Waals surface area (Å²) < 4.78 is 21.8. The summed E-state index contributed by atoms with van der Waals surface area (Å²) in [6.07, 6.45) is 3.77. The Kier molecular flexibility index (Phi) is 10.8. The molecule has 0 radical (unpaired) electrons. The van der Waals surface area contributed by atoms with Crippen molar-refractivity contribution in [2.45, 2.75) is 66.0 Å². The molecule has 2 aliphatic heterocycles. The lowest BCUT2D eigenvalue weighted by molar-refractivity contribution is -0.122. The van der Waals surface area contributed by atoms with E-state index in [0.717, 1.165) is 44.8 Å². The first-order chi connectivity index (χ1) is 12.3. The van der Waals surface area contributed by atoms with Crippen LogP contribution in [0.2, 0.25) is 0 Å². The summed E-state index contributed by atoms with van der Waals surface area (Å²) in [7, 11) is 0. The highest BCUT2D eigenvalue weighted by molar-refractivity contribution is 6.17. The molecule has 152 valence electrons. The van der Waals surface area contributed by atoms with Crippen LogP contribution in [0, 0.1) is 10.8 Å². The van der Waals surface area contributed by atoms with Gasteiger partial charge in [0.1, 0.15) is 0 Å². The molecule has 0 N–H and O–H groups in total. The molecule has 0 amide bonds. The third-order valence-corrected chi connectivity index (χ3v) is 4.88. The molecule has 0 bridgehead atoms. The molecule has 0 atom stereocenters. The van der Waals surface area contributed by atoms with Crippen molar-refractivity contribution >= 4 is 11.6 Å². The quantitative estimate of drug-likeness (QED) is 0.184. The monoisotopic (exact) mass is 391 g/mol. The summed E-state index contributed by atoms with van der Waals surface area (Å²) in [5.41, 5.74) is 8.22. The van der Waals surface area contributed by atoms with Gasteiger partial charge < -0.3 is 18.9 Å². The fourth-order valence-corrected chi connectivity index (χ4v) is 3.16. The second-order valence-electron chi connectivity index (χ2n) is 7.97. The van der Waals surface area contributed by atoms with Gasteiger partial charge in [-0.15, -0.1) is 11.6 Å². The first kappa shape index (κ1) is 23.5. The maximum absolute atomic E-state index is 8.12. The van der Waals surface area contributed by atoms with Crippen molar-refractivity contribution in [3.8, 4) is 0 Å². The van der Waals surface area contributed by atoms with E-state index < -0.39 is 0 Å². The predicted molar refractivity (Wildman–Crippen MR) is 102 cm³/mol. The van der Waals surface area contributed by atoms with Crippen LogP contribution in [0.4, 0.5) is 0 Å². The Labute approximate surface area is 162 Å². The number of azide groups is 1. The van der Waals surface area contributed by atoms with Crippen LogP contribution >= 0.6 is 11.6 Å². The van der Waals surface area contributed by atoms with Gasteiger partial charge in [-0.1, -0.05) is 32.8 Å². The maximum Gasteiger partial charge on any atom is 0.162 e. The molecule has 0 aromatic carbocycles. The van der Waals surface area contributed by atoms with Crippen LogP contribution in [-0.2, 0) is 18.9 Å². The van der Waals surface area contributed by atoms with Crippen molar-refractivity contribution in [2.24, 2.45) is 15.9 Å². The Balaban J connectivity index is 0.000000263. The normalized spacial score (nSPS) is 19.1. The van der Waals surface area contributed by atoms with Gasteiger partial charge in [-0.05, 0) is 31.2 Å². The highest BCUT2D eigenvalue weighted by atomic mass is 35.5. The molecule has 2 fully saturated rings. The molecule has 0 spiro atoms. The fraction of sp³-hybridized carbons (Fsp3) is 1.00. The summed E-state index contributed by atoms with van der Waals surface area (Å²) >= 11 is 5.63. The van der Waals surface area contributed by atoms with Crippen molar-refractivity contribution in [1.82, 2.24) is 0 Å². The summed E-state index contributed by atoms with van der Waals surface area (Å²) in [6, 6.07) is 0. The topological polar surface area (TPSA) is 85.7 Å². The van der Waals surface area contributed by atoms with Crippen molar-refractivity contribution in [1.29, 1.82) is 0 Å². The van der Waals surface area contributed by atoms with Crippen LogP contribution in [0.1, 0.15) is 53.4 Å². The van der Waals surface area contributed by atoms with Gasteiger partial charge in [0.15, 0.2) is 12.6 Å². The van der Waals surface area contributed by atoms with Crippen LogP contribution < -0.4 is 0 Å². The largest absolute Gasteiger partial charge is 0.350 e. The highest BCUT2D eigenvalue weighted by Crippen LogP contribution is 2.32. The van der Waals surface area contributed by atoms with E-state index in [0.29, 0.717) is 19.8 Å². The lowest BCUT2D eigenvalue weighted by Crippen LogP contribution is -2.30. The second kappa shape index (κ2) is 12.0. The first-order valence-corrected chi connectivity index (χ1v) is 9.90. The number of hydrogen-bond donors (Lipinski definition) is 0. The zero-order valence-electron chi connectivity index (χ0n) is 16.6. The zero-order valence-corrected chi connectivity index (χ0v) is 17.3. The molecule has 8 heteroatoms. The van der Waals surface area contributed by atoms with E-state index in [1.165, 1.54) is 0 Å². The summed E-state index contributed by atoms with van der Waals surface area (Å²) in [5, 5.41) is 3.50. The zero-order chi connectivity index (χ0) is 19.5. The van der Waals surface area contributed by atoms with Crippen molar-refractivity contribution < 1.29 is 18.9 Å². The molecule has 0 aromatic heterocycles. The molecule has 0 saturated carbocycles. The standard InChI is InChI=1S/C9H17ClO2.C9H17N3O2/c1-9(2,4-3-5-10)8-11-6-7-12-8;1-9(2,4-3-5-11-12-10)8-13-6-7-14-8/h8H,3-7H2,1-2H3;8H,3-7H2,1-2H3. The summed E-state index contributed by atoms with van der Waals surface area (Å²) in [4.78, 5) is 2.72. The Hall–Kier alpha value is -0.560. The number of nitrogens with zero attached hydrogens (tertiary/aromatic N) is 3. The molecule has 2 aliphatic rings. The summed E-state index contributed by atoms with van der Waals surface area (Å²) in [5.74, 6) is 0.718. The van der Waals surface area contributed by atoms with E-state index in [1.807, 2.05) is 0 Å². The van der Waals surface area contributed by atoms with E-state index in [1.54, 1.807) is 0 Å². The van der Waals surface area contributed by atoms with Crippen LogP contribution in [0.5, 0.6) is 0 Å². The van der Waals surface area contributed by atoms with E-state index in [9.17, 15) is 0 Å². The molecule has 0 unspecified atom stereocenters. The van der Waals surface area contributed by atoms with Crippen molar-refractivity contribution in [2.75, 3.05) is 38.9 Å². The minimum Gasteiger partial charge on any atom is -0.350 e. The highest BCUT2D eigenvalue weighted by Gasteiger charge is 2.34. The molecule has 2 heterocycles. The van der Waals surface area contributed by atoms with Crippen LogP contribution in [0.25, 0.3) is 10.4 Å². The third kappa shape index (κ3) is 8.42. The number of hydrogen-bond acceptors (Lipinski definition) is 5. The molecule has 7 nitrogen and oxygen atoms in total. The van der Waals surface area contributed by atoms with E-state index in [4.69, 9.17) is 36.1 Å². The Morgan fingerprint density at radius 2 is 1.31 bits per heavy atom. The van der Waals surface area contributed by atoms with Crippen LogP contribution in [0.3, 0.4) is 0 Å². The van der Waals surface area contributed by atoms with Gasteiger partial charge in [0, 0.05) is 28.2 Å². The SMILES string of the molecule is CC(C)(CCCCl)C1OCCO1.CC(C)(CCCN=[N+]=[N-])C1OCCO1. The Bertz CT molecular complexity index is 430. The Morgan fingerprint density at radius 3 is 1.69 bits per heavy atom. The molecule has 2 rings (SSSR count). The first-order valence-electron chi connectivity index (χ1n) is 9.37. The van der Waals surface area contributed by atoms with Crippen molar-refractivity contribution in [3.63, 3.8) is 0 Å². The van der Waals surface area contributed by atoms with E-state index in [2.05, 4.69) is 37.7 Å². The van der Waals surface area contributed by atoms with Crippen LogP contribution in [0.15, 0.2) is 5.11 Å². The smallest absolute Gasteiger partial charge is 0.162 e. The van der Waals surface area contributed by atoms with Gasteiger partial charge in [-0.3, -0.25) is 0 Å². The van der Waals surface area contributed by atoms with E-state index >= 15 is 0 Å². The minimum absolute atomic E-state index is 0.00146. The van der Waals surface area contributed by atoms with Crippen molar-refractivity contribution in [3.05, 3.63) is 10.4 Å². The van der Waals surface area contributed by atoms with Gasteiger partial charge in [-0.2, -0.15) is 0 Å². The van der Waals surface area contributed by atoms with Gasteiger partial charge in [0.2, 0.25) is 0 Å². The Morgan fingerprint density at radius 1 is 0.885 bits per heavy atom. The lowest BCUT2D eigenvalue weighted by Gasteiger charge is -2.29. The average molecular weight is 392 g/mol.